The molecule has 4 rings (SSSR count). The third-order valence-corrected chi connectivity index (χ3v) is 5.21. The predicted octanol–water partition coefficient (Wildman–Crippen LogP) is 4.17. The summed E-state index contributed by atoms with van der Waals surface area (Å²) in [6.45, 7) is 2.66. The van der Waals surface area contributed by atoms with E-state index in [-0.39, 0.29) is 12.0 Å². The molecule has 2 aromatic carbocycles. The first-order chi connectivity index (χ1) is 13.3. The van der Waals surface area contributed by atoms with Gasteiger partial charge in [0.15, 0.2) is 0 Å². The topological polar surface area (TPSA) is 38.8 Å². The molecule has 0 aliphatic carbocycles. The summed E-state index contributed by atoms with van der Waals surface area (Å²) < 4.78 is 11.6. The summed E-state index contributed by atoms with van der Waals surface area (Å²) >= 11 is 0. The maximum Gasteiger partial charge on any atom is 0.257 e. The number of para-hydroxylation sites is 1. The number of carbonyl (C=O) groups excluding carboxylic acids is 1. The number of amides is 1. The molecule has 1 saturated heterocycles. The average Bonchev–Trinajstić information content (AvgIpc) is 3.26. The Bertz CT molecular complexity index is 809. The number of rotatable bonds is 5. The summed E-state index contributed by atoms with van der Waals surface area (Å²) in [5.74, 6) is 0.678. The van der Waals surface area contributed by atoms with Gasteiger partial charge in [-0.2, -0.15) is 0 Å². The van der Waals surface area contributed by atoms with Crippen LogP contribution >= 0.6 is 0 Å². The van der Waals surface area contributed by atoms with E-state index in [1.165, 1.54) is 11.1 Å². The molecule has 1 amide bonds. The summed E-state index contributed by atoms with van der Waals surface area (Å²) in [5.41, 5.74) is 3.18. The van der Waals surface area contributed by atoms with E-state index in [1.807, 2.05) is 35.2 Å². The van der Waals surface area contributed by atoms with E-state index in [0.717, 1.165) is 32.4 Å². The summed E-state index contributed by atoms with van der Waals surface area (Å²) in [6, 6.07) is 17.9. The lowest BCUT2D eigenvalue weighted by Crippen LogP contribution is -2.35. The monoisotopic (exact) mass is 363 g/mol. The highest BCUT2D eigenvalue weighted by atomic mass is 16.5. The molecule has 1 fully saturated rings. The zero-order valence-corrected chi connectivity index (χ0v) is 15.5. The van der Waals surface area contributed by atoms with Gasteiger partial charge in [0.1, 0.15) is 12.4 Å². The van der Waals surface area contributed by atoms with E-state index >= 15 is 0 Å². The first-order valence-corrected chi connectivity index (χ1v) is 9.68. The highest BCUT2D eigenvalue weighted by Gasteiger charge is 2.23. The van der Waals surface area contributed by atoms with E-state index in [4.69, 9.17) is 9.47 Å². The largest absolute Gasteiger partial charge is 0.490 e. The van der Waals surface area contributed by atoms with Crippen molar-refractivity contribution in [3.8, 4) is 5.75 Å². The number of hydrogen-bond donors (Lipinski definition) is 0. The molecule has 0 saturated carbocycles. The number of nitrogens with zero attached hydrogens (tertiary/aromatic N) is 1. The smallest absolute Gasteiger partial charge is 0.257 e. The molecule has 2 aliphatic heterocycles. The van der Waals surface area contributed by atoms with Crippen LogP contribution in [0.4, 0.5) is 0 Å². The number of ether oxygens (including phenoxy) is 2. The minimum atomic E-state index is 0.0290. The van der Waals surface area contributed by atoms with Crippen molar-refractivity contribution >= 4 is 11.5 Å². The minimum Gasteiger partial charge on any atom is -0.490 e. The fourth-order valence-electron chi connectivity index (χ4n) is 3.67. The van der Waals surface area contributed by atoms with Gasteiger partial charge in [-0.25, -0.2) is 0 Å². The van der Waals surface area contributed by atoms with Crippen LogP contribution in [0.1, 0.15) is 35.2 Å². The van der Waals surface area contributed by atoms with E-state index in [1.54, 1.807) is 0 Å². The standard InChI is InChI=1S/C23H25NO3/c25-23(24-14-12-19(13-15-24)18-7-2-1-3-8-18)21-10-4-5-11-22(21)27-17-20-9-6-16-26-20/h1-5,7-8,10-12,20H,6,9,13-17H2. The van der Waals surface area contributed by atoms with Crippen molar-refractivity contribution in [2.24, 2.45) is 0 Å². The Balaban J connectivity index is 1.43. The molecule has 0 spiro atoms. The van der Waals surface area contributed by atoms with Crippen molar-refractivity contribution in [3.05, 3.63) is 71.8 Å². The molecule has 2 aromatic rings. The Morgan fingerprint density at radius 3 is 2.67 bits per heavy atom. The second-order valence-electron chi connectivity index (χ2n) is 7.04. The molecule has 140 valence electrons. The van der Waals surface area contributed by atoms with Crippen LogP contribution in [0.2, 0.25) is 0 Å². The number of hydrogen-bond acceptors (Lipinski definition) is 3. The van der Waals surface area contributed by atoms with Gasteiger partial charge in [-0.05, 0) is 42.5 Å². The van der Waals surface area contributed by atoms with Crippen LogP contribution in [0.5, 0.6) is 5.75 Å². The van der Waals surface area contributed by atoms with Crippen LogP contribution in [0.3, 0.4) is 0 Å². The van der Waals surface area contributed by atoms with Gasteiger partial charge < -0.3 is 14.4 Å². The van der Waals surface area contributed by atoms with Gasteiger partial charge in [0.25, 0.3) is 5.91 Å². The summed E-state index contributed by atoms with van der Waals surface area (Å²) in [4.78, 5) is 14.9. The molecule has 27 heavy (non-hydrogen) atoms. The third-order valence-electron chi connectivity index (χ3n) is 5.21. The SMILES string of the molecule is O=C(c1ccccc1OCC1CCCO1)N1CC=C(c2ccccc2)CC1. The van der Waals surface area contributed by atoms with Gasteiger partial charge in [-0.3, -0.25) is 4.79 Å². The van der Waals surface area contributed by atoms with Crippen LogP contribution in [-0.4, -0.2) is 43.2 Å². The van der Waals surface area contributed by atoms with Crippen LogP contribution in [-0.2, 0) is 4.74 Å². The first kappa shape index (κ1) is 17.8. The van der Waals surface area contributed by atoms with Gasteiger partial charge in [0.05, 0.1) is 11.7 Å². The minimum absolute atomic E-state index is 0.0290. The summed E-state index contributed by atoms with van der Waals surface area (Å²) in [6.07, 6.45) is 5.27. The highest BCUT2D eigenvalue weighted by Crippen LogP contribution is 2.26. The predicted molar refractivity (Wildman–Crippen MR) is 106 cm³/mol. The Kier molecular flexibility index (Phi) is 5.54. The van der Waals surface area contributed by atoms with Crippen molar-refractivity contribution in [1.82, 2.24) is 4.90 Å². The van der Waals surface area contributed by atoms with Crippen molar-refractivity contribution in [3.63, 3.8) is 0 Å². The average molecular weight is 363 g/mol. The van der Waals surface area contributed by atoms with Crippen LogP contribution < -0.4 is 4.74 Å². The fourth-order valence-corrected chi connectivity index (χ4v) is 3.67. The molecule has 1 unspecified atom stereocenters. The summed E-state index contributed by atoms with van der Waals surface area (Å²) in [5, 5.41) is 0. The van der Waals surface area contributed by atoms with Crippen LogP contribution in [0.25, 0.3) is 5.57 Å². The van der Waals surface area contributed by atoms with Gasteiger partial charge >= 0.3 is 0 Å². The normalized spacial score (nSPS) is 19.6. The molecule has 4 heteroatoms. The zero-order valence-electron chi connectivity index (χ0n) is 15.5. The maximum absolute atomic E-state index is 13.0. The Morgan fingerprint density at radius 1 is 1.11 bits per heavy atom. The van der Waals surface area contributed by atoms with Crippen molar-refractivity contribution in [2.45, 2.75) is 25.4 Å². The lowest BCUT2D eigenvalue weighted by Gasteiger charge is -2.27. The maximum atomic E-state index is 13.0. The van der Waals surface area contributed by atoms with Gasteiger partial charge in [-0.1, -0.05) is 48.5 Å². The lowest BCUT2D eigenvalue weighted by atomic mass is 9.99. The van der Waals surface area contributed by atoms with Crippen LogP contribution in [0, 0.1) is 0 Å². The molecular weight excluding hydrogens is 338 g/mol. The second-order valence-corrected chi connectivity index (χ2v) is 7.04. The van der Waals surface area contributed by atoms with Gasteiger partial charge in [-0.15, -0.1) is 0 Å². The molecule has 0 N–H and O–H groups in total. The Labute approximate surface area is 160 Å². The fraction of sp³-hybridized carbons (Fsp3) is 0.348. The van der Waals surface area contributed by atoms with E-state index in [0.29, 0.717) is 24.5 Å². The molecule has 4 nitrogen and oxygen atoms in total. The van der Waals surface area contributed by atoms with E-state index in [9.17, 15) is 4.79 Å². The first-order valence-electron chi connectivity index (χ1n) is 9.68. The van der Waals surface area contributed by atoms with Crippen molar-refractivity contribution in [2.75, 3.05) is 26.3 Å². The molecule has 2 heterocycles. The van der Waals surface area contributed by atoms with Gasteiger partial charge in [0.2, 0.25) is 0 Å². The summed E-state index contributed by atoms with van der Waals surface area (Å²) in [7, 11) is 0. The number of carbonyl (C=O) groups is 1. The highest BCUT2D eigenvalue weighted by molar-refractivity contribution is 5.97. The third kappa shape index (κ3) is 4.22. The van der Waals surface area contributed by atoms with Gasteiger partial charge in [0, 0.05) is 19.7 Å². The molecular formula is C23H25NO3. The molecule has 0 aromatic heterocycles. The quantitative estimate of drug-likeness (QED) is 0.800. The van der Waals surface area contributed by atoms with Crippen LogP contribution in [0.15, 0.2) is 60.7 Å². The van der Waals surface area contributed by atoms with E-state index in [2.05, 4.69) is 30.3 Å². The Morgan fingerprint density at radius 2 is 1.93 bits per heavy atom. The molecule has 0 radical (unpaired) electrons. The number of benzene rings is 2. The van der Waals surface area contributed by atoms with Crippen molar-refractivity contribution < 1.29 is 14.3 Å². The molecule has 0 bridgehead atoms. The Hall–Kier alpha value is -2.59. The molecule has 1 atom stereocenters. The van der Waals surface area contributed by atoms with Crippen molar-refractivity contribution in [1.29, 1.82) is 0 Å². The zero-order chi connectivity index (χ0) is 18.5. The lowest BCUT2D eigenvalue weighted by molar-refractivity contribution is 0.0654. The second kappa shape index (κ2) is 8.40. The molecule has 2 aliphatic rings. The van der Waals surface area contributed by atoms with E-state index < -0.39 is 0 Å².